The zero-order valence-corrected chi connectivity index (χ0v) is 24.2. The second kappa shape index (κ2) is 13.7. The summed E-state index contributed by atoms with van der Waals surface area (Å²) in [5.74, 6) is -3.64. The van der Waals surface area contributed by atoms with Crippen molar-refractivity contribution in [3.05, 3.63) is 83.6 Å². The number of ketones is 1. The van der Waals surface area contributed by atoms with Crippen molar-refractivity contribution < 1.29 is 46.9 Å². The van der Waals surface area contributed by atoms with Gasteiger partial charge in [-0.1, -0.05) is 48.5 Å². The van der Waals surface area contributed by atoms with E-state index in [9.17, 15) is 18.9 Å². The molecule has 2 aromatic rings. The second-order valence-electron chi connectivity index (χ2n) is 9.62. The number of esters is 1. The first-order valence-electron chi connectivity index (χ1n) is 13.1. The van der Waals surface area contributed by atoms with Crippen LogP contribution in [0.4, 0.5) is 0 Å². The lowest BCUT2D eigenvalue weighted by atomic mass is 9.94. The summed E-state index contributed by atoms with van der Waals surface area (Å²) in [6.45, 7) is 3.22. The fourth-order valence-corrected chi connectivity index (χ4v) is 5.59. The summed E-state index contributed by atoms with van der Waals surface area (Å²) in [6.07, 6.45) is -1.70. The Bertz CT molecular complexity index is 1290. The Morgan fingerprint density at radius 2 is 1.68 bits per heavy atom. The predicted molar refractivity (Wildman–Crippen MR) is 146 cm³/mol. The molecule has 0 radical (unpaired) electrons. The fourth-order valence-electron chi connectivity index (χ4n) is 4.57. The first-order chi connectivity index (χ1) is 19.7. The summed E-state index contributed by atoms with van der Waals surface area (Å²) in [4.78, 5) is 40.6. The zero-order valence-electron chi connectivity index (χ0n) is 23.3. The van der Waals surface area contributed by atoms with Gasteiger partial charge in [0, 0.05) is 32.4 Å². The summed E-state index contributed by atoms with van der Waals surface area (Å²) in [5, 5.41) is 0. The quantitative estimate of drug-likeness (QED) is 0.202. The molecule has 0 saturated carbocycles. The smallest absolute Gasteiger partial charge is 0.358 e. The summed E-state index contributed by atoms with van der Waals surface area (Å²) < 4.78 is 46.4. The zero-order chi connectivity index (χ0) is 29.6. The first-order valence-corrected chi connectivity index (χ1v) is 14.7. The summed E-state index contributed by atoms with van der Waals surface area (Å²) in [5.41, 5.74) is 1.57. The molecule has 12 heteroatoms. The second-order valence-corrected chi connectivity index (χ2v) is 12.2. The van der Waals surface area contributed by atoms with Gasteiger partial charge in [0.2, 0.25) is 5.91 Å². The maximum absolute atomic E-state index is 13.5. The minimum Gasteiger partial charge on any atom is -0.453 e. The molecule has 0 spiro atoms. The maximum Gasteiger partial charge on any atom is 0.358 e. The maximum atomic E-state index is 13.5. The standard InChI is InChI=1S/C29H34NO10P/c1-19-16-30(27(32)23(26(19)31)18-37-17-21-11-7-5-8-12-21)25-15-24(39-28(33)22-13-9-6-10-14-22)29(40-25)38-20(2)41(34,35-3)36-4/h5-14,16,20,23-25,29H,15,17-18H2,1-4H3/t20?,23?,24-,25+,29-/m0/s1. The SMILES string of the molecule is COP(=O)(OC)C(C)O[C@H]1O[C@@H](N2C=C(C)C(=O)C(COCc3ccccc3)C2=O)C[C@@H]1OC(=O)c1ccccc1. The number of hydrogen-bond acceptors (Lipinski definition) is 10. The van der Waals surface area contributed by atoms with E-state index in [0.29, 0.717) is 11.1 Å². The van der Waals surface area contributed by atoms with Gasteiger partial charge in [-0.2, -0.15) is 0 Å². The van der Waals surface area contributed by atoms with Crippen molar-refractivity contribution in [2.75, 3.05) is 20.8 Å². The van der Waals surface area contributed by atoms with E-state index in [4.69, 9.17) is 28.0 Å². The van der Waals surface area contributed by atoms with Gasteiger partial charge in [-0.3, -0.25) is 19.1 Å². The van der Waals surface area contributed by atoms with E-state index in [1.165, 1.54) is 32.2 Å². The van der Waals surface area contributed by atoms with Crippen LogP contribution in [-0.4, -0.2) is 67.9 Å². The number of benzene rings is 2. The van der Waals surface area contributed by atoms with Crippen LogP contribution in [0, 0.1) is 5.92 Å². The molecule has 2 aliphatic heterocycles. The molecule has 1 fully saturated rings. The molecule has 0 aromatic heterocycles. The highest BCUT2D eigenvalue weighted by molar-refractivity contribution is 7.54. The number of amides is 1. The molecule has 41 heavy (non-hydrogen) atoms. The van der Waals surface area contributed by atoms with Crippen molar-refractivity contribution in [2.24, 2.45) is 5.92 Å². The third-order valence-electron chi connectivity index (χ3n) is 6.88. The van der Waals surface area contributed by atoms with Gasteiger partial charge in [-0.05, 0) is 31.5 Å². The number of rotatable bonds is 12. The number of hydrogen-bond donors (Lipinski definition) is 0. The van der Waals surface area contributed by atoms with Gasteiger partial charge in [-0.15, -0.1) is 0 Å². The Morgan fingerprint density at radius 1 is 1.05 bits per heavy atom. The number of Topliss-reactive ketones (excluding diaryl/α,β-unsaturated/α-hetero) is 1. The summed E-state index contributed by atoms with van der Waals surface area (Å²) >= 11 is 0. The van der Waals surface area contributed by atoms with E-state index >= 15 is 0 Å². The van der Waals surface area contributed by atoms with Crippen molar-refractivity contribution in [2.45, 2.75) is 51.3 Å². The van der Waals surface area contributed by atoms with Crippen LogP contribution in [0.5, 0.6) is 0 Å². The third-order valence-corrected chi connectivity index (χ3v) is 8.91. The molecule has 1 saturated heterocycles. The van der Waals surface area contributed by atoms with E-state index in [0.717, 1.165) is 5.56 Å². The Hall–Kier alpha value is -3.18. The average Bonchev–Trinajstić information content (AvgIpc) is 3.38. The van der Waals surface area contributed by atoms with Crippen molar-refractivity contribution >= 4 is 25.3 Å². The lowest BCUT2D eigenvalue weighted by Gasteiger charge is -2.32. The molecule has 2 unspecified atom stereocenters. The largest absolute Gasteiger partial charge is 0.453 e. The average molecular weight is 588 g/mol. The number of carbonyl (C=O) groups is 3. The Balaban J connectivity index is 1.51. The monoisotopic (exact) mass is 587 g/mol. The van der Waals surface area contributed by atoms with Gasteiger partial charge in [-0.25, -0.2) is 4.79 Å². The molecule has 2 aromatic carbocycles. The lowest BCUT2D eigenvalue weighted by Crippen LogP contribution is -2.48. The van der Waals surface area contributed by atoms with Gasteiger partial charge in [0.15, 0.2) is 24.0 Å². The number of carbonyl (C=O) groups excluding carboxylic acids is 3. The van der Waals surface area contributed by atoms with E-state index in [2.05, 4.69) is 0 Å². The molecule has 220 valence electrons. The lowest BCUT2D eigenvalue weighted by molar-refractivity contribution is -0.195. The number of nitrogens with zero attached hydrogens (tertiary/aromatic N) is 1. The number of allylic oxidation sites excluding steroid dienone is 1. The van der Waals surface area contributed by atoms with Gasteiger partial charge in [0.05, 0.1) is 18.8 Å². The molecule has 1 amide bonds. The van der Waals surface area contributed by atoms with Gasteiger partial charge in [0.1, 0.15) is 12.1 Å². The number of ether oxygens (including phenoxy) is 4. The minimum atomic E-state index is -3.67. The normalized spacial score (nSPS) is 23.8. The van der Waals surface area contributed by atoms with Crippen LogP contribution in [0.1, 0.15) is 36.2 Å². The third kappa shape index (κ3) is 7.19. The molecule has 0 bridgehead atoms. The van der Waals surface area contributed by atoms with E-state index in [1.54, 1.807) is 37.3 Å². The van der Waals surface area contributed by atoms with Crippen LogP contribution in [0.2, 0.25) is 0 Å². The van der Waals surface area contributed by atoms with Crippen LogP contribution in [0.3, 0.4) is 0 Å². The van der Waals surface area contributed by atoms with Crippen LogP contribution in [0.25, 0.3) is 0 Å². The van der Waals surface area contributed by atoms with Crippen LogP contribution in [0.15, 0.2) is 72.4 Å². The molecular weight excluding hydrogens is 553 g/mol. The van der Waals surface area contributed by atoms with Gasteiger partial charge in [0.25, 0.3) is 0 Å². The predicted octanol–water partition coefficient (Wildman–Crippen LogP) is 4.28. The van der Waals surface area contributed by atoms with Gasteiger partial charge < -0.3 is 28.0 Å². The summed E-state index contributed by atoms with van der Waals surface area (Å²) in [7, 11) is -1.21. The molecule has 11 nitrogen and oxygen atoms in total. The van der Waals surface area contributed by atoms with E-state index < -0.39 is 49.9 Å². The summed E-state index contributed by atoms with van der Waals surface area (Å²) in [6, 6.07) is 17.8. The highest BCUT2D eigenvalue weighted by Crippen LogP contribution is 2.52. The molecule has 2 heterocycles. The van der Waals surface area contributed by atoms with Crippen molar-refractivity contribution in [1.82, 2.24) is 4.90 Å². The van der Waals surface area contributed by atoms with Crippen molar-refractivity contribution in [3.8, 4) is 0 Å². The minimum absolute atomic E-state index is 0.0293. The molecule has 0 N–H and O–H groups in total. The molecule has 0 aliphatic carbocycles. The Morgan fingerprint density at radius 3 is 2.32 bits per heavy atom. The highest BCUT2D eigenvalue weighted by Gasteiger charge is 2.48. The van der Waals surface area contributed by atoms with Crippen LogP contribution in [-0.2, 0) is 48.8 Å². The van der Waals surface area contributed by atoms with E-state index in [-0.39, 0.29) is 25.4 Å². The van der Waals surface area contributed by atoms with Crippen LogP contribution < -0.4 is 0 Å². The van der Waals surface area contributed by atoms with Crippen LogP contribution >= 0.6 is 7.60 Å². The topological polar surface area (TPSA) is 127 Å². The Kier molecular flexibility index (Phi) is 10.2. The highest BCUT2D eigenvalue weighted by atomic mass is 31.2. The molecule has 5 atom stereocenters. The molecule has 2 aliphatic rings. The van der Waals surface area contributed by atoms with Gasteiger partial charge >= 0.3 is 13.6 Å². The molecular formula is C29H34NO10P. The van der Waals surface area contributed by atoms with Crippen molar-refractivity contribution in [3.63, 3.8) is 0 Å². The first kappa shape index (κ1) is 30.8. The fraction of sp³-hybridized carbons (Fsp3) is 0.414. The van der Waals surface area contributed by atoms with Crippen molar-refractivity contribution in [1.29, 1.82) is 0 Å². The Labute approximate surface area is 238 Å². The van der Waals surface area contributed by atoms with E-state index in [1.807, 2.05) is 30.3 Å². The molecule has 4 rings (SSSR count).